The highest BCUT2D eigenvalue weighted by Gasteiger charge is 1.93. The third kappa shape index (κ3) is 11.4. The zero-order valence-electron chi connectivity index (χ0n) is 5.71. The second-order valence-corrected chi connectivity index (χ2v) is 1.98. The molecule has 0 aromatic carbocycles. The van der Waals surface area contributed by atoms with Gasteiger partial charge in [0.15, 0.2) is 6.29 Å². The van der Waals surface area contributed by atoms with Crippen LogP contribution >= 0.6 is 0 Å². The molecule has 0 aliphatic rings. The third-order valence-electron chi connectivity index (χ3n) is 1.07. The van der Waals surface area contributed by atoms with Gasteiger partial charge < -0.3 is 10.2 Å². The van der Waals surface area contributed by atoms with Crippen LogP contribution in [0.3, 0.4) is 0 Å². The van der Waals surface area contributed by atoms with E-state index in [4.69, 9.17) is 10.2 Å². The Bertz CT molecular complexity index is 48.3. The molecule has 0 saturated carbocycles. The number of halogens is 1. The molecule has 0 rings (SSSR count). The van der Waals surface area contributed by atoms with Crippen LogP contribution in [0.15, 0.2) is 0 Å². The first-order chi connectivity index (χ1) is 3.77. The molecule has 0 radical (unpaired) electrons. The minimum atomic E-state index is -1.10. The lowest BCUT2D eigenvalue weighted by Crippen LogP contribution is -2.02. The number of aliphatic hydroxyl groups excluding tert-OH is 1. The average molecular weight is 138 g/mol. The summed E-state index contributed by atoms with van der Waals surface area (Å²) in [5, 5.41) is 16.7. The molecule has 58 valence electrons. The standard InChI is InChI=1S/C6H14O2.FH/c1-2-3-4-5-6(7)8;/h6-8H,2-5H2,1H3;1H. The predicted molar refractivity (Wildman–Crippen MR) is 34.9 cm³/mol. The molecule has 0 atom stereocenters. The highest BCUT2D eigenvalue weighted by molar-refractivity contribution is 4.40. The monoisotopic (exact) mass is 138 g/mol. The number of aliphatic hydroxyl groups is 2. The van der Waals surface area contributed by atoms with Gasteiger partial charge in [-0.15, -0.1) is 0 Å². The fraction of sp³-hybridized carbons (Fsp3) is 1.00. The first kappa shape index (κ1) is 11.6. The van der Waals surface area contributed by atoms with Gasteiger partial charge >= 0.3 is 0 Å². The fourth-order valence-corrected chi connectivity index (χ4v) is 0.577. The molecule has 9 heavy (non-hydrogen) atoms. The summed E-state index contributed by atoms with van der Waals surface area (Å²) in [7, 11) is 0. The average Bonchev–Trinajstić information content (AvgIpc) is 1.66. The molecule has 2 N–H and O–H groups in total. The zero-order chi connectivity index (χ0) is 6.41. The maximum Gasteiger partial charge on any atom is 0.151 e. The van der Waals surface area contributed by atoms with Crippen molar-refractivity contribution in [3.63, 3.8) is 0 Å². The topological polar surface area (TPSA) is 40.5 Å². The highest BCUT2D eigenvalue weighted by Crippen LogP contribution is 1.99. The summed E-state index contributed by atoms with van der Waals surface area (Å²) >= 11 is 0. The fourth-order valence-electron chi connectivity index (χ4n) is 0.577. The molecule has 0 aliphatic heterocycles. The number of unbranched alkanes of at least 4 members (excludes halogenated alkanes) is 2. The maximum atomic E-state index is 8.33. The minimum absolute atomic E-state index is 0. The van der Waals surface area contributed by atoms with Gasteiger partial charge in [-0.05, 0) is 12.8 Å². The molecule has 3 heteroatoms. The molecule has 0 aromatic heterocycles. The van der Waals surface area contributed by atoms with Crippen LogP contribution < -0.4 is 0 Å². The Balaban J connectivity index is 0. The Labute approximate surface area is 54.9 Å². The molecule has 0 amide bonds. The van der Waals surface area contributed by atoms with Crippen LogP contribution in [0.1, 0.15) is 32.6 Å². The molecule has 2 nitrogen and oxygen atoms in total. The van der Waals surface area contributed by atoms with Gasteiger partial charge in [-0.2, -0.15) is 0 Å². The van der Waals surface area contributed by atoms with E-state index in [0.29, 0.717) is 6.42 Å². The van der Waals surface area contributed by atoms with Crippen LogP contribution in [-0.2, 0) is 0 Å². The van der Waals surface area contributed by atoms with Gasteiger partial charge in [-0.3, -0.25) is 4.70 Å². The van der Waals surface area contributed by atoms with Crippen LogP contribution in [-0.4, -0.2) is 16.5 Å². The zero-order valence-corrected chi connectivity index (χ0v) is 5.71. The van der Waals surface area contributed by atoms with Crippen molar-refractivity contribution in [2.45, 2.75) is 38.9 Å². The second kappa shape index (κ2) is 7.85. The molecule has 0 fully saturated rings. The molecular weight excluding hydrogens is 123 g/mol. The quantitative estimate of drug-likeness (QED) is 0.450. The highest BCUT2D eigenvalue weighted by atomic mass is 19.0. The van der Waals surface area contributed by atoms with Gasteiger partial charge in [0.05, 0.1) is 0 Å². The van der Waals surface area contributed by atoms with Crippen molar-refractivity contribution in [1.29, 1.82) is 0 Å². The summed E-state index contributed by atoms with van der Waals surface area (Å²) in [5.74, 6) is 0. The van der Waals surface area contributed by atoms with Gasteiger partial charge in [0, 0.05) is 0 Å². The van der Waals surface area contributed by atoms with E-state index in [1.54, 1.807) is 0 Å². The first-order valence-corrected chi connectivity index (χ1v) is 3.13. The molecule has 0 bridgehead atoms. The molecule has 0 aromatic rings. The van der Waals surface area contributed by atoms with Crippen molar-refractivity contribution in [2.75, 3.05) is 0 Å². The van der Waals surface area contributed by atoms with Gasteiger partial charge in [0.2, 0.25) is 0 Å². The number of hydrogen-bond donors (Lipinski definition) is 2. The van der Waals surface area contributed by atoms with E-state index < -0.39 is 6.29 Å². The van der Waals surface area contributed by atoms with E-state index in [2.05, 4.69) is 6.92 Å². The second-order valence-electron chi connectivity index (χ2n) is 1.98. The molecule has 0 unspecified atom stereocenters. The van der Waals surface area contributed by atoms with Crippen molar-refractivity contribution in [2.24, 2.45) is 0 Å². The van der Waals surface area contributed by atoms with Crippen LogP contribution in [0.2, 0.25) is 0 Å². The van der Waals surface area contributed by atoms with E-state index in [0.717, 1.165) is 19.3 Å². The SMILES string of the molecule is CCCCCC(O)O.F. The Morgan fingerprint density at radius 3 is 2.11 bits per heavy atom. The van der Waals surface area contributed by atoms with E-state index in [1.807, 2.05) is 0 Å². The maximum absolute atomic E-state index is 8.33. The van der Waals surface area contributed by atoms with E-state index in [1.165, 1.54) is 0 Å². The van der Waals surface area contributed by atoms with Gasteiger partial charge in [0.25, 0.3) is 0 Å². The lowest BCUT2D eigenvalue weighted by molar-refractivity contribution is -0.0465. The Morgan fingerprint density at radius 1 is 1.22 bits per heavy atom. The summed E-state index contributed by atoms with van der Waals surface area (Å²) < 4.78 is 0. The van der Waals surface area contributed by atoms with Crippen molar-refractivity contribution >= 4 is 0 Å². The predicted octanol–water partition coefficient (Wildman–Crippen LogP) is 1.03. The van der Waals surface area contributed by atoms with Crippen molar-refractivity contribution in [1.82, 2.24) is 0 Å². The van der Waals surface area contributed by atoms with Crippen molar-refractivity contribution in [3.8, 4) is 0 Å². The van der Waals surface area contributed by atoms with E-state index >= 15 is 0 Å². The lowest BCUT2D eigenvalue weighted by atomic mass is 10.2. The van der Waals surface area contributed by atoms with Gasteiger partial charge in [-0.25, -0.2) is 0 Å². The van der Waals surface area contributed by atoms with E-state index in [-0.39, 0.29) is 4.70 Å². The Kier molecular flexibility index (Phi) is 10.1. The summed E-state index contributed by atoms with van der Waals surface area (Å²) in [5.41, 5.74) is 0. The van der Waals surface area contributed by atoms with Crippen LogP contribution in [0.5, 0.6) is 0 Å². The normalized spacial score (nSPS) is 9.33. The largest absolute Gasteiger partial charge is 0.368 e. The number of hydrogen-bond acceptors (Lipinski definition) is 2. The molecular formula is C6H15FO2. The summed E-state index contributed by atoms with van der Waals surface area (Å²) in [6.07, 6.45) is 2.58. The van der Waals surface area contributed by atoms with Gasteiger partial charge in [-0.1, -0.05) is 19.8 Å². The van der Waals surface area contributed by atoms with Crippen molar-refractivity contribution < 1.29 is 14.9 Å². The summed E-state index contributed by atoms with van der Waals surface area (Å²) in [6, 6.07) is 0. The Morgan fingerprint density at radius 2 is 1.78 bits per heavy atom. The number of rotatable bonds is 4. The molecule has 0 heterocycles. The first-order valence-electron chi connectivity index (χ1n) is 3.13. The molecule has 0 spiro atoms. The summed E-state index contributed by atoms with van der Waals surface area (Å²) in [4.78, 5) is 0. The van der Waals surface area contributed by atoms with Crippen molar-refractivity contribution in [3.05, 3.63) is 0 Å². The molecule has 0 aliphatic carbocycles. The van der Waals surface area contributed by atoms with E-state index in [9.17, 15) is 0 Å². The summed E-state index contributed by atoms with van der Waals surface area (Å²) in [6.45, 7) is 2.09. The lowest BCUT2D eigenvalue weighted by Gasteiger charge is -1.99. The van der Waals surface area contributed by atoms with Gasteiger partial charge in [0.1, 0.15) is 0 Å². The molecule has 0 saturated heterocycles. The Hall–Kier alpha value is -0.150. The van der Waals surface area contributed by atoms with Crippen LogP contribution in [0, 0.1) is 0 Å². The van der Waals surface area contributed by atoms with Crippen LogP contribution in [0.25, 0.3) is 0 Å². The van der Waals surface area contributed by atoms with Crippen LogP contribution in [0.4, 0.5) is 4.70 Å². The smallest absolute Gasteiger partial charge is 0.151 e. The minimum Gasteiger partial charge on any atom is -0.368 e. The third-order valence-corrected chi connectivity index (χ3v) is 1.07.